The third-order valence-corrected chi connectivity index (χ3v) is 6.75. The number of benzene rings is 3. The van der Waals surface area contributed by atoms with Crippen LogP contribution < -0.4 is 15.0 Å². The van der Waals surface area contributed by atoms with Crippen LogP contribution in [0.3, 0.4) is 0 Å². The predicted octanol–water partition coefficient (Wildman–Crippen LogP) is 4.62. The fourth-order valence-corrected chi connectivity index (χ4v) is 5.05. The highest BCUT2D eigenvalue weighted by atomic mass is 16.5. The third-order valence-electron chi connectivity index (χ3n) is 6.75. The van der Waals surface area contributed by atoms with E-state index < -0.39 is 11.6 Å². The number of amides is 2. The lowest BCUT2D eigenvalue weighted by molar-refractivity contribution is -0.128. The lowest BCUT2D eigenvalue weighted by Gasteiger charge is -2.34. The molecule has 1 N–H and O–H groups in total. The van der Waals surface area contributed by atoms with E-state index in [1.165, 1.54) is 11.1 Å². The highest BCUT2D eigenvalue weighted by Crippen LogP contribution is 2.34. The van der Waals surface area contributed by atoms with Crippen LogP contribution in [0.5, 0.6) is 5.75 Å². The summed E-state index contributed by atoms with van der Waals surface area (Å²) in [5, 5.41) is 11.5. The highest BCUT2D eigenvalue weighted by Gasteiger charge is 2.35. The molecule has 1 aliphatic carbocycles. The molecule has 3 aromatic carbocycles. The lowest BCUT2D eigenvalue weighted by Crippen LogP contribution is -2.50. The van der Waals surface area contributed by atoms with Crippen LogP contribution in [0.1, 0.15) is 49.9 Å². The molecular weight excluding hydrogens is 478 g/mol. The second kappa shape index (κ2) is 10.3. The van der Waals surface area contributed by atoms with Gasteiger partial charge in [-0.15, -0.1) is 5.10 Å². The Hall–Kier alpha value is -4.20. The maximum Gasteiger partial charge on any atom is 0.249 e. The molecule has 0 unspecified atom stereocenters. The summed E-state index contributed by atoms with van der Waals surface area (Å²) < 4.78 is 7.05. The molecule has 0 radical (unpaired) electrons. The maximum absolute atomic E-state index is 14.2. The van der Waals surface area contributed by atoms with Crippen molar-refractivity contribution in [2.75, 3.05) is 12.0 Å². The van der Waals surface area contributed by atoms with Crippen molar-refractivity contribution in [2.45, 2.75) is 58.2 Å². The SMILES string of the molecule is COc1cccc([C@@H](C(=O)NC(C)(C)C)N(C(=O)Cn2nnc3ccccc32)c2ccc3c(c2)CCC3)c1. The van der Waals surface area contributed by atoms with Crippen LogP contribution in [-0.2, 0) is 29.0 Å². The number of hydrogen-bond acceptors (Lipinski definition) is 5. The van der Waals surface area contributed by atoms with E-state index in [0.29, 0.717) is 22.5 Å². The van der Waals surface area contributed by atoms with Gasteiger partial charge in [0, 0.05) is 11.2 Å². The number of anilines is 1. The summed E-state index contributed by atoms with van der Waals surface area (Å²) in [7, 11) is 1.59. The molecule has 1 atom stereocenters. The van der Waals surface area contributed by atoms with Crippen LogP contribution in [-0.4, -0.2) is 39.5 Å². The molecule has 0 saturated heterocycles. The summed E-state index contributed by atoms with van der Waals surface area (Å²) in [6, 6.07) is 20.0. The molecule has 0 bridgehead atoms. The fraction of sp³-hybridized carbons (Fsp3) is 0.333. The smallest absolute Gasteiger partial charge is 0.249 e. The molecule has 8 heteroatoms. The Kier molecular flexibility index (Phi) is 6.89. The Morgan fingerprint density at radius 2 is 1.82 bits per heavy atom. The van der Waals surface area contributed by atoms with Gasteiger partial charge in [0.2, 0.25) is 11.8 Å². The Morgan fingerprint density at radius 1 is 1.03 bits per heavy atom. The number of carbonyl (C=O) groups is 2. The first kappa shape index (κ1) is 25.4. The Bertz CT molecular complexity index is 1490. The van der Waals surface area contributed by atoms with Gasteiger partial charge in [-0.25, -0.2) is 4.68 Å². The van der Waals surface area contributed by atoms with Gasteiger partial charge in [0.15, 0.2) is 0 Å². The van der Waals surface area contributed by atoms with Crippen molar-refractivity contribution in [3.8, 4) is 5.75 Å². The molecule has 1 heterocycles. The largest absolute Gasteiger partial charge is 0.497 e. The summed E-state index contributed by atoms with van der Waals surface area (Å²) >= 11 is 0. The number of para-hydroxylation sites is 1. The van der Waals surface area contributed by atoms with E-state index >= 15 is 0 Å². The summed E-state index contributed by atoms with van der Waals surface area (Å²) in [6.07, 6.45) is 3.07. The molecule has 2 amide bonds. The number of carbonyl (C=O) groups excluding carboxylic acids is 2. The molecule has 0 spiro atoms. The van der Waals surface area contributed by atoms with E-state index in [0.717, 1.165) is 24.8 Å². The van der Waals surface area contributed by atoms with Crippen molar-refractivity contribution in [2.24, 2.45) is 0 Å². The highest BCUT2D eigenvalue weighted by molar-refractivity contribution is 6.02. The molecule has 0 fully saturated rings. The molecule has 196 valence electrons. The number of ether oxygens (including phenoxy) is 1. The minimum absolute atomic E-state index is 0.0686. The molecule has 1 aromatic heterocycles. The van der Waals surface area contributed by atoms with Crippen LogP contribution in [0.15, 0.2) is 66.7 Å². The van der Waals surface area contributed by atoms with E-state index in [9.17, 15) is 9.59 Å². The molecule has 5 rings (SSSR count). The summed E-state index contributed by atoms with van der Waals surface area (Å²) in [5.41, 5.74) is 4.81. The van der Waals surface area contributed by atoms with Crippen LogP contribution >= 0.6 is 0 Å². The quantitative estimate of drug-likeness (QED) is 0.391. The summed E-state index contributed by atoms with van der Waals surface area (Å²) in [5.74, 6) is 0.0678. The third kappa shape index (κ3) is 5.25. The van der Waals surface area contributed by atoms with E-state index in [-0.39, 0.29) is 18.4 Å². The Labute approximate surface area is 222 Å². The van der Waals surface area contributed by atoms with Gasteiger partial charge >= 0.3 is 0 Å². The van der Waals surface area contributed by atoms with Crippen LogP contribution in [0.4, 0.5) is 5.69 Å². The first-order valence-corrected chi connectivity index (χ1v) is 12.9. The molecule has 1 aliphatic rings. The molecular formula is C30H33N5O3. The zero-order valence-electron chi connectivity index (χ0n) is 22.3. The number of nitrogens with zero attached hydrogens (tertiary/aromatic N) is 4. The number of aromatic nitrogens is 3. The number of methoxy groups -OCH3 is 1. The fourth-order valence-electron chi connectivity index (χ4n) is 5.05. The van der Waals surface area contributed by atoms with Crippen LogP contribution in [0.25, 0.3) is 11.0 Å². The monoisotopic (exact) mass is 511 g/mol. The van der Waals surface area contributed by atoms with E-state index in [4.69, 9.17) is 4.74 Å². The van der Waals surface area contributed by atoms with Gasteiger partial charge in [-0.05, 0) is 93.1 Å². The number of rotatable bonds is 7. The number of aryl methyl sites for hydroxylation is 2. The van der Waals surface area contributed by atoms with Crippen molar-refractivity contribution in [1.29, 1.82) is 0 Å². The number of fused-ring (bicyclic) bond motifs is 2. The van der Waals surface area contributed by atoms with Crippen molar-refractivity contribution >= 4 is 28.5 Å². The van der Waals surface area contributed by atoms with Gasteiger partial charge in [-0.1, -0.05) is 35.5 Å². The first-order valence-electron chi connectivity index (χ1n) is 12.9. The van der Waals surface area contributed by atoms with E-state index in [1.54, 1.807) is 16.7 Å². The van der Waals surface area contributed by atoms with Crippen LogP contribution in [0.2, 0.25) is 0 Å². The van der Waals surface area contributed by atoms with Crippen molar-refractivity contribution in [3.05, 3.63) is 83.4 Å². The number of hydrogen-bond donors (Lipinski definition) is 1. The van der Waals surface area contributed by atoms with Gasteiger partial charge in [-0.3, -0.25) is 14.5 Å². The maximum atomic E-state index is 14.2. The topological polar surface area (TPSA) is 89.4 Å². The minimum atomic E-state index is -0.925. The zero-order chi connectivity index (χ0) is 26.9. The Morgan fingerprint density at radius 3 is 2.61 bits per heavy atom. The molecule has 8 nitrogen and oxygen atoms in total. The standard InChI is InChI=1S/C30H33N5O3/c1-30(2,3)31-29(37)28(22-11-8-12-24(18-22)38-4)35(23-16-15-20-9-7-10-21(20)17-23)27(36)19-34-26-14-6-5-13-25(26)32-33-34/h5-6,8,11-18,28H,7,9-10,19H2,1-4H3,(H,31,37)/t28-/m0/s1. The Balaban J connectivity index is 1.63. The van der Waals surface area contributed by atoms with Gasteiger partial charge < -0.3 is 10.1 Å². The second-order valence-electron chi connectivity index (χ2n) is 10.7. The van der Waals surface area contributed by atoms with Crippen molar-refractivity contribution in [3.63, 3.8) is 0 Å². The van der Waals surface area contributed by atoms with E-state index in [1.807, 2.05) is 75.4 Å². The van der Waals surface area contributed by atoms with Gasteiger partial charge in [0.05, 0.1) is 12.6 Å². The van der Waals surface area contributed by atoms with Crippen LogP contribution in [0, 0.1) is 0 Å². The molecule has 4 aromatic rings. The average Bonchev–Trinajstić information content (AvgIpc) is 3.52. The molecule has 38 heavy (non-hydrogen) atoms. The van der Waals surface area contributed by atoms with Crippen molar-refractivity contribution in [1.82, 2.24) is 20.3 Å². The van der Waals surface area contributed by atoms with Crippen molar-refractivity contribution < 1.29 is 14.3 Å². The second-order valence-corrected chi connectivity index (χ2v) is 10.7. The number of nitrogens with one attached hydrogen (secondary N) is 1. The lowest BCUT2D eigenvalue weighted by atomic mass is 9.99. The first-order chi connectivity index (χ1) is 18.2. The summed E-state index contributed by atoms with van der Waals surface area (Å²) in [6.45, 7) is 5.71. The predicted molar refractivity (Wildman–Crippen MR) is 147 cm³/mol. The van der Waals surface area contributed by atoms with E-state index in [2.05, 4.69) is 27.8 Å². The average molecular weight is 512 g/mol. The van der Waals surface area contributed by atoms with Gasteiger partial charge in [-0.2, -0.15) is 0 Å². The van der Waals surface area contributed by atoms with Gasteiger partial charge in [0.1, 0.15) is 23.9 Å². The minimum Gasteiger partial charge on any atom is -0.497 e. The summed E-state index contributed by atoms with van der Waals surface area (Å²) in [4.78, 5) is 29.8. The zero-order valence-corrected chi connectivity index (χ0v) is 22.3. The van der Waals surface area contributed by atoms with Gasteiger partial charge in [0.25, 0.3) is 0 Å². The molecule has 0 aliphatic heterocycles. The molecule has 0 saturated carbocycles. The normalized spacial score (nSPS) is 13.7.